The first-order chi connectivity index (χ1) is 23.1. The molecule has 0 aromatic heterocycles. The molecule has 256 valence electrons. The second-order valence-corrected chi connectivity index (χ2v) is 14.6. The minimum atomic E-state index is -1.25. The van der Waals surface area contributed by atoms with Crippen molar-refractivity contribution in [3.8, 4) is 11.5 Å². The molecule has 7 nitrogen and oxygen atoms in total. The first-order valence-electron chi connectivity index (χ1n) is 17.7. The van der Waals surface area contributed by atoms with Crippen LogP contribution in [0.4, 0.5) is 5.69 Å². The molecule has 3 aromatic carbocycles. The number of anilines is 1. The van der Waals surface area contributed by atoms with Gasteiger partial charge in [0, 0.05) is 35.1 Å². The zero-order chi connectivity index (χ0) is 34.1. The van der Waals surface area contributed by atoms with Crippen LogP contribution in [-0.4, -0.2) is 23.9 Å². The molecule has 1 atom stereocenters. The van der Waals surface area contributed by atoms with E-state index in [1.807, 2.05) is 48.5 Å². The predicted octanol–water partition coefficient (Wildman–Crippen LogP) is 5.38. The number of aliphatic carboxylic acids is 1. The second-order valence-electron chi connectivity index (χ2n) is 14.6. The summed E-state index contributed by atoms with van der Waals surface area (Å²) in [6.45, 7) is 6.41. The quantitative estimate of drug-likeness (QED) is 0.182. The maximum atomic E-state index is 13.8. The number of carboxylic acids is 1. The van der Waals surface area contributed by atoms with Gasteiger partial charge in [0.05, 0.1) is 6.42 Å². The van der Waals surface area contributed by atoms with Gasteiger partial charge in [-0.25, -0.2) is 0 Å². The Labute approximate surface area is 313 Å². The molecule has 1 fully saturated rings. The maximum Gasteiger partial charge on any atom is 1.00 e. The van der Waals surface area contributed by atoms with E-state index in [-0.39, 0.29) is 72.2 Å². The average molecular weight is 676 g/mol. The zero-order valence-electron chi connectivity index (χ0n) is 29.7. The molecule has 1 heterocycles. The Hall–Kier alpha value is -3.13. The zero-order valence-corrected chi connectivity index (χ0v) is 31.7. The molecule has 1 N–H and O–H groups in total. The number of carboxylic acid groups (broad SMARTS) is 1. The molecule has 49 heavy (non-hydrogen) atoms. The number of amides is 1. The predicted molar refractivity (Wildman–Crippen MR) is 186 cm³/mol. The van der Waals surface area contributed by atoms with Crippen LogP contribution in [0.3, 0.4) is 0 Å². The molecule has 2 aliphatic rings. The van der Waals surface area contributed by atoms with E-state index in [1.165, 1.54) is 32.1 Å². The van der Waals surface area contributed by atoms with E-state index in [0.29, 0.717) is 12.8 Å². The van der Waals surface area contributed by atoms with Gasteiger partial charge in [-0.15, -0.1) is 0 Å². The van der Waals surface area contributed by atoms with Crippen LogP contribution in [0.2, 0.25) is 0 Å². The summed E-state index contributed by atoms with van der Waals surface area (Å²) in [5, 5.41) is 14.2. The third kappa shape index (κ3) is 11.2. The van der Waals surface area contributed by atoms with E-state index in [2.05, 4.69) is 44.3 Å². The van der Waals surface area contributed by atoms with Crippen LogP contribution in [0.25, 0.3) is 0 Å². The summed E-state index contributed by atoms with van der Waals surface area (Å²) in [5.41, 5.74) is 4.68. The Kier molecular flexibility index (Phi) is 14.4. The van der Waals surface area contributed by atoms with Gasteiger partial charge in [0.25, 0.3) is 0 Å². The van der Waals surface area contributed by atoms with Crippen LogP contribution in [0.1, 0.15) is 126 Å². The SMILES string of the molecule is CC(C)(C)c1ccc(CC[C@@H](CCCC2CCCCC2)OC(=O)CCC(=O)[O-])cc1NC(=O)CC1c2ccccc2Oc2ccccc21.[Na+]. The number of ether oxygens (including phenoxy) is 2. The van der Waals surface area contributed by atoms with Gasteiger partial charge in [0.2, 0.25) is 5.91 Å². The van der Waals surface area contributed by atoms with Crippen molar-refractivity contribution in [1.29, 1.82) is 0 Å². The van der Waals surface area contributed by atoms with Crippen LogP contribution in [0.5, 0.6) is 11.5 Å². The van der Waals surface area contributed by atoms with Crippen LogP contribution >= 0.6 is 0 Å². The number of rotatable bonds is 14. The van der Waals surface area contributed by atoms with Crippen molar-refractivity contribution in [1.82, 2.24) is 0 Å². The van der Waals surface area contributed by atoms with Gasteiger partial charge in [-0.3, -0.25) is 9.59 Å². The van der Waals surface area contributed by atoms with Crippen LogP contribution in [0.15, 0.2) is 66.7 Å². The molecule has 0 spiro atoms. The molecule has 1 aliphatic carbocycles. The summed E-state index contributed by atoms with van der Waals surface area (Å²) in [6.07, 6.45) is 10.1. The Balaban J connectivity index is 0.00000541. The number of aryl methyl sites for hydroxylation is 1. The van der Waals surface area contributed by atoms with Gasteiger partial charge in [0.15, 0.2) is 0 Å². The number of esters is 1. The van der Waals surface area contributed by atoms with E-state index in [9.17, 15) is 19.5 Å². The molecule has 5 rings (SSSR count). The maximum absolute atomic E-state index is 13.8. The van der Waals surface area contributed by atoms with E-state index >= 15 is 0 Å². The van der Waals surface area contributed by atoms with Crippen molar-refractivity contribution in [3.63, 3.8) is 0 Å². The van der Waals surface area contributed by atoms with Crippen molar-refractivity contribution in [2.45, 2.75) is 122 Å². The molecule has 0 unspecified atom stereocenters. The number of carbonyl (C=O) groups excluding carboxylic acids is 3. The van der Waals surface area contributed by atoms with Crippen molar-refractivity contribution < 1.29 is 58.5 Å². The molecule has 1 saturated carbocycles. The fraction of sp³-hybridized carbons (Fsp3) is 0.488. The molecule has 1 aliphatic heterocycles. The van der Waals surface area contributed by atoms with Gasteiger partial charge in [0.1, 0.15) is 17.6 Å². The number of carbonyl (C=O) groups is 3. The largest absolute Gasteiger partial charge is 1.00 e. The summed E-state index contributed by atoms with van der Waals surface area (Å²) >= 11 is 0. The van der Waals surface area contributed by atoms with Crippen LogP contribution in [-0.2, 0) is 31.0 Å². The first-order valence-corrected chi connectivity index (χ1v) is 17.7. The van der Waals surface area contributed by atoms with E-state index in [0.717, 1.165) is 64.6 Å². The summed E-state index contributed by atoms with van der Waals surface area (Å²) in [6, 6.07) is 22.0. The smallest absolute Gasteiger partial charge is 0.550 e. The number of hydrogen-bond acceptors (Lipinski definition) is 6. The fourth-order valence-corrected chi connectivity index (χ4v) is 7.27. The Morgan fingerprint density at radius 1 is 0.898 bits per heavy atom. The van der Waals surface area contributed by atoms with Crippen LogP contribution < -0.4 is 44.7 Å². The van der Waals surface area contributed by atoms with Gasteiger partial charge in [-0.05, 0) is 72.8 Å². The average Bonchev–Trinajstić information content (AvgIpc) is 3.06. The van der Waals surface area contributed by atoms with Crippen molar-refractivity contribution in [2.75, 3.05) is 5.32 Å². The molecule has 1 amide bonds. The van der Waals surface area contributed by atoms with E-state index in [1.54, 1.807) is 0 Å². The Morgan fingerprint density at radius 2 is 1.55 bits per heavy atom. The number of hydrogen-bond donors (Lipinski definition) is 1. The molecule has 0 saturated heterocycles. The standard InChI is InChI=1S/C41H51NO6.Na/c1-41(2,3)34-23-21-29(20-22-30(47-40(46)25-24-39(44)45)15-11-14-28-12-5-4-6-13-28)26-35(34)42-38(43)27-33-31-16-7-9-18-36(31)48-37-19-10-8-17-32(33)37;/h7-10,16-19,21,23,26,28,30,33H,4-6,11-15,20,22,24-25,27H2,1-3H3,(H,42,43)(H,44,45);/q;+1/p-1/t30-;/m1./s1. The number of benzene rings is 3. The summed E-state index contributed by atoms with van der Waals surface area (Å²) < 4.78 is 12.0. The Morgan fingerprint density at radius 3 is 2.18 bits per heavy atom. The molecule has 0 radical (unpaired) electrons. The molecular formula is C41H50NNaO6. The Bertz CT molecular complexity index is 1530. The topological polar surface area (TPSA) is 105 Å². The summed E-state index contributed by atoms with van der Waals surface area (Å²) in [7, 11) is 0. The van der Waals surface area contributed by atoms with Crippen molar-refractivity contribution in [2.24, 2.45) is 5.92 Å². The fourth-order valence-electron chi connectivity index (χ4n) is 7.27. The van der Waals surface area contributed by atoms with Gasteiger partial charge < -0.3 is 24.7 Å². The van der Waals surface area contributed by atoms with E-state index < -0.39 is 11.9 Å². The monoisotopic (exact) mass is 675 g/mol. The first kappa shape index (κ1) is 38.7. The minimum Gasteiger partial charge on any atom is -0.550 e. The van der Waals surface area contributed by atoms with E-state index in [4.69, 9.17) is 9.47 Å². The minimum absolute atomic E-state index is 0. The third-order valence-corrected chi connectivity index (χ3v) is 9.81. The van der Waals surface area contributed by atoms with Crippen LogP contribution in [0, 0.1) is 5.92 Å². The second kappa shape index (κ2) is 18.2. The molecule has 8 heteroatoms. The molecule has 0 bridgehead atoms. The number of nitrogens with one attached hydrogen (secondary N) is 1. The summed E-state index contributed by atoms with van der Waals surface area (Å²) in [4.78, 5) is 37.2. The van der Waals surface area contributed by atoms with Crippen molar-refractivity contribution in [3.05, 3.63) is 89.0 Å². The normalized spacial score (nSPS) is 15.2. The molecule has 3 aromatic rings. The van der Waals surface area contributed by atoms with Gasteiger partial charge >= 0.3 is 35.5 Å². The van der Waals surface area contributed by atoms with Crippen molar-refractivity contribution >= 4 is 23.5 Å². The summed E-state index contributed by atoms with van der Waals surface area (Å²) in [5.74, 6) is 0.353. The molecular weight excluding hydrogens is 625 g/mol. The van der Waals surface area contributed by atoms with Gasteiger partial charge in [-0.1, -0.05) is 108 Å². The number of fused-ring (bicyclic) bond motifs is 2. The third-order valence-electron chi connectivity index (χ3n) is 9.81. The van der Waals surface area contributed by atoms with Gasteiger partial charge in [-0.2, -0.15) is 0 Å². The number of para-hydroxylation sites is 2.